The van der Waals surface area contributed by atoms with Gasteiger partial charge in [0.1, 0.15) is 5.60 Å². The molecule has 1 aromatic carbocycles. The highest BCUT2D eigenvalue weighted by atomic mass is 35.5. The van der Waals surface area contributed by atoms with E-state index in [2.05, 4.69) is 32.7 Å². The summed E-state index contributed by atoms with van der Waals surface area (Å²) >= 11 is 12.5. The molecular weight excluding hydrogens is 321 g/mol. The van der Waals surface area contributed by atoms with Crippen molar-refractivity contribution in [3.8, 4) is 5.75 Å². The van der Waals surface area contributed by atoms with Crippen molar-refractivity contribution in [1.29, 1.82) is 0 Å². The molecule has 0 aliphatic carbocycles. The predicted molar refractivity (Wildman–Crippen MR) is 90.9 cm³/mol. The summed E-state index contributed by atoms with van der Waals surface area (Å²) in [5.41, 5.74) is 1.29. The van der Waals surface area contributed by atoms with E-state index in [0.717, 1.165) is 35.2 Å². The lowest BCUT2D eigenvalue weighted by molar-refractivity contribution is -0.207. The van der Waals surface area contributed by atoms with Crippen LogP contribution in [0.1, 0.15) is 46.2 Å². The van der Waals surface area contributed by atoms with Crippen molar-refractivity contribution >= 4 is 34.1 Å². The summed E-state index contributed by atoms with van der Waals surface area (Å²) in [6.07, 6.45) is 1.77. The molecule has 0 saturated carbocycles. The number of ether oxygens (including phenoxy) is 2. The maximum atomic E-state index is 6.32. The molecular formula is C17H21Cl2NO2. The molecule has 1 aliphatic heterocycles. The molecule has 0 fully saturated rings. The molecule has 2 heterocycles. The van der Waals surface area contributed by atoms with Gasteiger partial charge in [0, 0.05) is 16.3 Å². The van der Waals surface area contributed by atoms with Crippen LogP contribution in [0.4, 0.5) is 0 Å². The second-order valence-electron chi connectivity index (χ2n) is 6.33. The Labute approximate surface area is 140 Å². The summed E-state index contributed by atoms with van der Waals surface area (Å²) in [7, 11) is 0. The lowest BCUT2D eigenvalue weighted by Crippen LogP contribution is -2.41. The van der Waals surface area contributed by atoms with Gasteiger partial charge in [0.05, 0.1) is 16.2 Å². The van der Waals surface area contributed by atoms with Crippen molar-refractivity contribution in [1.82, 2.24) is 4.98 Å². The van der Waals surface area contributed by atoms with Crippen LogP contribution in [0.15, 0.2) is 12.1 Å². The van der Waals surface area contributed by atoms with Gasteiger partial charge in [-0.1, -0.05) is 37.0 Å². The molecule has 120 valence electrons. The van der Waals surface area contributed by atoms with E-state index in [-0.39, 0.29) is 6.29 Å². The zero-order chi connectivity index (χ0) is 16.1. The Hall–Kier alpha value is -0.900. The van der Waals surface area contributed by atoms with Gasteiger partial charge >= 0.3 is 0 Å². The first-order chi connectivity index (χ1) is 10.4. The number of benzene rings is 1. The van der Waals surface area contributed by atoms with E-state index in [9.17, 15) is 0 Å². The average molecular weight is 342 g/mol. The van der Waals surface area contributed by atoms with Crippen LogP contribution in [0, 0.1) is 5.92 Å². The first-order valence-electron chi connectivity index (χ1n) is 7.73. The van der Waals surface area contributed by atoms with Crippen molar-refractivity contribution in [3.63, 3.8) is 0 Å². The van der Waals surface area contributed by atoms with Crippen LogP contribution >= 0.6 is 23.2 Å². The van der Waals surface area contributed by atoms with E-state index in [1.165, 1.54) is 0 Å². The van der Waals surface area contributed by atoms with E-state index < -0.39 is 5.60 Å². The van der Waals surface area contributed by atoms with E-state index in [1.54, 1.807) is 6.07 Å². The number of aromatic amines is 1. The Morgan fingerprint density at radius 1 is 1.23 bits per heavy atom. The fourth-order valence-corrected chi connectivity index (χ4v) is 3.64. The van der Waals surface area contributed by atoms with Gasteiger partial charge in [-0.2, -0.15) is 0 Å². The third-order valence-corrected chi connectivity index (χ3v) is 4.97. The topological polar surface area (TPSA) is 34.2 Å². The Balaban J connectivity index is 2.17. The Morgan fingerprint density at radius 3 is 2.55 bits per heavy atom. The van der Waals surface area contributed by atoms with Crippen LogP contribution in [-0.2, 0) is 10.3 Å². The maximum Gasteiger partial charge on any atom is 0.203 e. The maximum absolute atomic E-state index is 6.32. The second kappa shape index (κ2) is 5.63. The van der Waals surface area contributed by atoms with Gasteiger partial charge in [0.25, 0.3) is 0 Å². The summed E-state index contributed by atoms with van der Waals surface area (Å²) in [5.74, 6) is 1.17. The normalized spacial score (nSPS) is 20.2. The second-order valence-corrected chi connectivity index (χ2v) is 7.17. The summed E-state index contributed by atoms with van der Waals surface area (Å²) in [4.78, 5) is 3.36. The molecule has 5 heteroatoms. The van der Waals surface area contributed by atoms with Crippen LogP contribution < -0.4 is 4.74 Å². The van der Waals surface area contributed by atoms with Crippen molar-refractivity contribution in [3.05, 3.63) is 27.9 Å². The monoisotopic (exact) mass is 341 g/mol. The number of hydrogen-bond donors (Lipinski definition) is 1. The number of rotatable bonds is 3. The number of hydrogen-bond acceptors (Lipinski definition) is 2. The zero-order valence-electron chi connectivity index (χ0n) is 13.3. The molecule has 3 nitrogen and oxygen atoms in total. The summed E-state index contributed by atoms with van der Waals surface area (Å²) < 4.78 is 12.4. The number of H-pyrrole nitrogens is 1. The molecule has 1 unspecified atom stereocenters. The van der Waals surface area contributed by atoms with Gasteiger partial charge in [0.15, 0.2) is 5.75 Å². The quantitative estimate of drug-likeness (QED) is 0.756. The molecule has 1 atom stereocenters. The molecule has 0 radical (unpaired) electrons. The highest BCUT2D eigenvalue weighted by Crippen LogP contribution is 2.46. The van der Waals surface area contributed by atoms with E-state index >= 15 is 0 Å². The van der Waals surface area contributed by atoms with Gasteiger partial charge in [-0.25, -0.2) is 0 Å². The number of halogens is 2. The Morgan fingerprint density at radius 2 is 1.91 bits per heavy atom. The average Bonchev–Trinajstić information content (AvgIpc) is 2.80. The van der Waals surface area contributed by atoms with Crippen molar-refractivity contribution in [2.75, 3.05) is 0 Å². The highest BCUT2D eigenvalue weighted by molar-refractivity contribution is 6.38. The van der Waals surface area contributed by atoms with Crippen LogP contribution in [0.25, 0.3) is 10.9 Å². The van der Waals surface area contributed by atoms with Crippen LogP contribution in [0.2, 0.25) is 10.0 Å². The Bertz CT molecular complexity index is 704. The van der Waals surface area contributed by atoms with Gasteiger partial charge in [-0.05, 0) is 38.8 Å². The van der Waals surface area contributed by atoms with Crippen molar-refractivity contribution in [2.24, 2.45) is 5.92 Å². The molecule has 3 rings (SSSR count). The number of fused-ring (bicyclic) bond motifs is 3. The molecule has 1 aliphatic rings. The fourth-order valence-electron chi connectivity index (χ4n) is 3.10. The minimum atomic E-state index is -0.463. The molecule has 1 N–H and O–H groups in total. The SMILES string of the molecule is CCC(CC)C1Oc2c([nH]c3c(Cl)cc(Cl)cc23)C(C)(C)O1. The molecule has 22 heavy (non-hydrogen) atoms. The molecule has 0 amide bonds. The lowest BCUT2D eigenvalue weighted by Gasteiger charge is -2.39. The first-order valence-corrected chi connectivity index (χ1v) is 8.48. The number of nitrogens with one attached hydrogen (secondary N) is 1. The standard InChI is InChI=1S/C17H21Cl2NO2/c1-5-9(6-2)16-21-14-11-7-10(18)8-12(19)13(11)20-15(14)17(3,4)22-16/h7-9,16,20H,5-6H2,1-4H3. The fraction of sp³-hybridized carbons (Fsp3) is 0.529. The highest BCUT2D eigenvalue weighted by Gasteiger charge is 2.40. The van der Waals surface area contributed by atoms with E-state index in [1.807, 2.05) is 6.07 Å². The van der Waals surface area contributed by atoms with Crippen LogP contribution in [-0.4, -0.2) is 11.3 Å². The largest absolute Gasteiger partial charge is 0.462 e. The third-order valence-electron chi connectivity index (χ3n) is 4.46. The third kappa shape index (κ3) is 2.49. The van der Waals surface area contributed by atoms with Gasteiger partial charge in [-0.15, -0.1) is 0 Å². The molecule has 0 bridgehead atoms. The van der Waals surface area contributed by atoms with Crippen LogP contribution in [0.3, 0.4) is 0 Å². The van der Waals surface area contributed by atoms with Gasteiger partial charge in [0.2, 0.25) is 6.29 Å². The number of aromatic nitrogens is 1. The molecule has 0 spiro atoms. The van der Waals surface area contributed by atoms with Gasteiger partial charge < -0.3 is 14.5 Å². The van der Waals surface area contributed by atoms with Crippen LogP contribution in [0.5, 0.6) is 5.75 Å². The van der Waals surface area contributed by atoms with Gasteiger partial charge in [-0.3, -0.25) is 0 Å². The minimum absolute atomic E-state index is 0.255. The molecule has 1 aromatic heterocycles. The Kier molecular flexibility index (Phi) is 4.09. The summed E-state index contributed by atoms with van der Waals surface area (Å²) in [5, 5.41) is 2.11. The molecule has 2 aromatic rings. The zero-order valence-corrected chi connectivity index (χ0v) is 14.8. The smallest absolute Gasteiger partial charge is 0.203 e. The minimum Gasteiger partial charge on any atom is -0.462 e. The summed E-state index contributed by atoms with van der Waals surface area (Å²) in [6, 6.07) is 3.63. The summed E-state index contributed by atoms with van der Waals surface area (Å²) in [6.45, 7) is 8.42. The van der Waals surface area contributed by atoms with E-state index in [0.29, 0.717) is 16.0 Å². The predicted octanol–water partition coefficient (Wildman–Crippen LogP) is 5.88. The van der Waals surface area contributed by atoms with Crippen molar-refractivity contribution in [2.45, 2.75) is 52.4 Å². The molecule has 0 saturated heterocycles. The first kappa shape index (κ1) is 16.0. The lowest BCUT2D eigenvalue weighted by atomic mass is 9.98. The van der Waals surface area contributed by atoms with Crippen molar-refractivity contribution < 1.29 is 9.47 Å². The van der Waals surface area contributed by atoms with E-state index in [4.69, 9.17) is 32.7 Å².